The van der Waals surface area contributed by atoms with Crippen molar-refractivity contribution in [3.05, 3.63) is 206 Å². The van der Waals surface area contributed by atoms with Crippen LogP contribution in [0.1, 0.15) is 0 Å². The van der Waals surface area contributed by atoms with Crippen LogP contribution in [-0.4, -0.2) is 19.5 Å². The molecule has 288 valence electrons. The topological polar surface area (TPSA) is 56.7 Å². The third-order valence-corrected chi connectivity index (χ3v) is 12.4. The Labute approximate surface area is 356 Å². The summed E-state index contributed by atoms with van der Waals surface area (Å²) in [5.41, 5.74) is 12.3. The fraction of sp³-hybridized carbons (Fsp3) is 0. The molecular formula is C57H34N4O. The monoisotopic (exact) mass is 790 g/mol. The van der Waals surface area contributed by atoms with Crippen molar-refractivity contribution in [3.63, 3.8) is 0 Å². The lowest BCUT2D eigenvalue weighted by molar-refractivity contribution is 0.670. The number of hydrogen-bond donors (Lipinski definition) is 0. The van der Waals surface area contributed by atoms with Crippen molar-refractivity contribution in [1.29, 1.82) is 0 Å². The Bertz CT molecular complexity index is 3830. The smallest absolute Gasteiger partial charge is 0.164 e. The first-order valence-electron chi connectivity index (χ1n) is 20.9. The van der Waals surface area contributed by atoms with Gasteiger partial charge in [-0.15, -0.1) is 0 Å². The van der Waals surface area contributed by atoms with Crippen molar-refractivity contribution in [2.45, 2.75) is 0 Å². The normalized spacial score (nSPS) is 11.9. The Morgan fingerprint density at radius 1 is 0.323 bits per heavy atom. The summed E-state index contributed by atoms with van der Waals surface area (Å²) >= 11 is 0. The first-order valence-corrected chi connectivity index (χ1v) is 20.9. The molecule has 13 aromatic rings. The lowest BCUT2D eigenvalue weighted by Gasteiger charge is -2.11. The third-order valence-electron chi connectivity index (χ3n) is 12.4. The highest BCUT2D eigenvalue weighted by Crippen LogP contribution is 2.46. The van der Waals surface area contributed by atoms with Gasteiger partial charge in [-0.3, -0.25) is 0 Å². The minimum absolute atomic E-state index is 0.583. The summed E-state index contributed by atoms with van der Waals surface area (Å²) in [5, 5.41) is 9.67. The number of fused-ring (bicyclic) bond motifs is 6. The van der Waals surface area contributed by atoms with Crippen LogP contribution in [0, 0.1) is 0 Å². The molecule has 5 nitrogen and oxygen atoms in total. The van der Waals surface area contributed by atoms with Crippen molar-refractivity contribution < 1.29 is 4.42 Å². The summed E-state index contributed by atoms with van der Waals surface area (Å²) in [5.74, 6) is 1.81. The van der Waals surface area contributed by atoms with Crippen LogP contribution in [0.4, 0.5) is 0 Å². The third kappa shape index (κ3) is 5.32. The molecule has 0 atom stereocenters. The van der Waals surface area contributed by atoms with Crippen LogP contribution in [0.5, 0.6) is 0 Å². The van der Waals surface area contributed by atoms with Crippen molar-refractivity contribution in [2.24, 2.45) is 0 Å². The van der Waals surface area contributed by atoms with Crippen LogP contribution in [0.25, 0.3) is 127 Å². The van der Waals surface area contributed by atoms with Crippen LogP contribution in [0.15, 0.2) is 211 Å². The molecule has 0 N–H and O–H groups in total. The minimum atomic E-state index is 0.583. The summed E-state index contributed by atoms with van der Waals surface area (Å²) in [6.45, 7) is 0. The van der Waals surface area contributed by atoms with E-state index in [1.54, 1.807) is 0 Å². The lowest BCUT2D eigenvalue weighted by atomic mass is 9.92. The predicted octanol–water partition coefficient (Wildman–Crippen LogP) is 14.9. The van der Waals surface area contributed by atoms with E-state index in [0.29, 0.717) is 17.5 Å². The highest BCUT2D eigenvalue weighted by molar-refractivity contribution is 6.35. The van der Waals surface area contributed by atoms with Gasteiger partial charge in [-0.2, -0.15) is 0 Å². The molecule has 13 rings (SSSR count). The van der Waals surface area contributed by atoms with Crippen LogP contribution >= 0.6 is 0 Å². The van der Waals surface area contributed by atoms with E-state index in [-0.39, 0.29) is 0 Å². The van der Waals surface area contributed by atoms with Gasteiger partial charge in [0.1, 0.15) is 11.2 Å². The standard InChI is InChI=1S/C57H34N4O/c1-4-14-35(15-5-1)36-26-28-38(29-27-36)56-58-55(37-16-6-2-7-17-37)59-57(60-56)39-30-31-45-47-24-12-22-42(54(47)62-51(45)34-39)40-32-48-44-21-11-10-20-43(44)46-23-13-25-49-52(46)53(48)50(33-40)61(49)41-18-8-3-9-19-41/h1-34H. The molecule has 10 aromatic carbocycles. The SMILES string of the molecule is c1ccc(-c2ccc(-c3nc(-c4ccccc4)nc(-c4ccc5c(c4)oc4c(-c6cc7c8ccccc8c8cccc9c8c7c(c6)n9-c6ccccc6)cccc45)n3)cc2)cc1. The molecule has 0 saturated heterocycles. The van der Waals surface area contributed by atoms with E-state index in [9.17, 15) is 0 Å². The molecule has 0 bridgehead atoms. The van der Waals surface area contributed by atoms with E-state index >= 15 is 0 Å². The number of para-hydroxylation sites is 2. The van der Waals surface area contributed by atoms with E-state index in [0.717, 1.165) is 66.6 Å². The second-order valence-corrected chi connectivity index (χ2v) is 15.9. The number of aromatic nitrogens is 4. The van der Waals surface area contributed by atoms with Gasteiger partial charge in [-0.1, -0.05) is 164 Å². The Morgan fingerprint density at radius 2 is 0.855 bits per heavy atom. The maximum atomic E-state index is 6.95. The second kappa shape index (κ2) is 13.6. The van der Waals surface area contributed by atoms with Crippen molar-refractivity contribution in [1.82, 2.24) is 19.5 Å². The van der Waals surface area contributed by atoms with Crippen molar-refractivity contribution in [3.8, 4) is 62.1 Å². The van der Waals surface area contributed by atoms with Gasteiger partial charge in [0.25, 0.3) is 0 Å². The molecule has 0 aliphatic heterocycles. The zero-order valence-corrected chi connectivity index (χ0v) is 33.3. The predicted molar refractivity (Wildman–Crippen MR) is 255 cm³/mol. The fourth-order valence-electron chi connectivity index (χ4n) is 9.54. The Hall–Kier alpha value is -8.41. The highest BCUT2D eigenvalue weighted by atomic mass is 16.3. The quantitative estimate of drug-likeness (QED) is 0.157. The van der Waals surface area contributed by atoms with Crippen molar-refractivity contribution >= 4 is 65.3 Å². The van der Waals surface area contributed by atoms with Crippen molar-refractivity contribution in [2.75, 3.05) is 0 Å². The zero-order valence-electron chi connectivity index (χ0n) is 33.3. The van der Waals surface area contributed by atoms with Crippen LogP contribution in [-0.2, 0) is 0 Å². The molecule has 0 saturated carbocycles. The molecule has 62 heavy (non-hydrogen) atoms. The molecule has 0 radical (unpaired) electrons. The van der Waals surface area contributed by atoms with E-state index in [1.807, 2.05) is 36.4 Å². The Morgan fingerprint density at radius 3 is 1.60 bits per heavy atom. The van der Waals surface area contributed by atoms with Crippen LogP contribution < -0.4 is 0 Å². The molecule has 5 heteroatoms. The molecule has 0 aliphatic carbocycles. The summed E-state index contributed by atoms with van der Waals surface area (Å²) in [7, 11) is 0. The first-order chi connectivity index (χ1) is 30.7. The van der Waals surface area contributed by atoms with Gasteiger partial charge in [0.2, 0.25) is 0 Å². The molecule has 0 aliphatic rings. The van der Waals surface area contributed by atoms with Gasteiger partial charge >= 0.3 is 0 Å². The molecule has 0 amide bonds. The lowest BCUT2D eigenvalue weighted by Crippen LogP contribution is -2.00. The van der Waals surface area contributed by atoms with Crippen LogP contribution in [0.3, 0.4) is 0 Å². The van der Waals surface area contributed by atoms with E-state index in [2.05, 4.69) is 174 Å². The van der Waals surface area contributed by atoms with Gasteiger partial charge in [-0.05, 0) is 80.7 Å². The van der Waals surface area contributed by atoms with Crippen LogP contribution in [0.2, 0.25) is 0 Å². The summed E-state index contributed by atoms with van der Waals surface area (Å²) < 4.78 is 9.37. The Balaban J connectivity index is 0.987. The van der Waals surface area contributed by atoms with E-state index < -0.39 is 0 Å². The molecule has 0 spiro atoms. The average molecular weight is 791 g/mol. The highest BCUT2D eigenvalue weighted by Gasteiger charge is 2.23. The number of nitrogens with zero attached hydrogens (tertiary/aromatic N) is 4. The van der Waals surface area contributed by atoms with Gasteiger partial charge in [0, 0.05) is 49.5 Å². The summed E-state index contributed by atoms with van der Waals surface area (Å²) in [6, 6.07) is 72.6. The summed E-state index contributed by atoms with van der Waals surface area (Å²) in [6.07, 6.45) is 0. The van der Waals surface area contributed by atoms with E-state index in [1.165, 1.54) is 43.4 Å². The largest absolute Gasteiger partial charge is 0.455 e. The first kappa shape index (κ1) is 34.5. The molecule has 3 aromatic heterocycles. The molecule has 0 unspecified atom stereocenters. The second-order valence-electron chi connectivity index (χ2n) is 15.9. The fourth-order valence-corrected chi connectivity index (χ4v) is 9.54. The number of benzene rings is 10. The van der Waals surface area contributed by atoms with Gasteiger partial charge < -0.3 is 8.98 Å². The Kier molecular flexibility index (Phi) is 7.54. The van der Waals surface area contributed by atoms with Gasteiger partial charge in [0.05, 0.1) is 11.0 Å². The van der Waals surface area contributed by atoms with Gasteiger partial charge in [0.15, 0.2) is 17.5 Å². The number of furan rings is 1. The van der Waals surface area contributed by atoms with Gasteiger partial charge in [-0.25, -0.2) is 15.0 Å². The number of rotatable bonds is 6. The minimum Gasteiger partial charge on any atom is -0.455 e. The molecule has 3 heterocycles. The number of hydrogen-bond acceptors (Lipinski definition) is 4. The van der Waals surface area contributed by atoms with E-state index in [4.69, 9.17) is 19.4 Å². The molecule has 0 fully saturated rings. The maximum absolute atomic E-state index is 6.95. The average Bonchev–Trinajstić information content (AvgIpc) is 3.90. The zero-order chi connectivity index (χ0) is 40.7. The molecular weight excluding hydrogens is 757 g/mol. The maximum Gasteiger partial charge on any atom is 0.164 e. The summed E-state index contributed by atoms with van der Waals surface area (Å²) in [4.78, 5) is 15.1.